The SMILES string of the molecule is c1ccc2cc(CN(CC3CCNCC3)C3CC3)ccc2c1. The highest BCUT2D eigenvalue weighted by Crippen LogP contribution is 2.30. The topological polar surface area (TPSA) is 15.3 Å². The summed E-state index contributed by atoms with van der Waals surface area (Å²) in [5.74, 6) is 0.891. The van der Waals surface area contributed by atoms with Crippen molar-refractivity contribution in [2.75, 3.05) is 19.6 Å². The minimum absolute atomic E-state index is 0.848. The summed E-state index contributed by atoms with van der Waals surface area (Å²) in [7, 11) is 0. The number of nitrogens with zero attached hydrogens (tertiary/aromatic N) is 1. The first-order valence-electron chi connectivity index (χ1n) is 8.81. The number of piperidine rings is 1. The van der Waals surface area contributed by atoms with Gasteiger partial charge >= 0.3 is 0 Å². The Bertz CT molecular complexity index is 626. The molecule has 0 aromatic heterocycles. The Labute approximate surface area is 133 Å². The van der Waals surface area contributed by atoms with Gasteiger partial charge in [-0.2, -0.15) is 0 Å². The van der Waals surface area contributed by atoms with Gasteiger partial charge in [-0.3, -0.25) is 4.90 Å². The maximum Gasteiger partial charge on any atom is 0.0237 e. The highest BCUT2D eigenvalue weighted by molar-refractivity contribution is 5.82. The van der Waals surface area contributed by atoms with E-state index in [2.05, 4.69) is 52.7 Å². The third-order valence-electron chi connectivity index (χ3n) is 5.21. The van der Waals surface area contributed by atoms with E-state index in [1.54, 1.807) is 0 Å². The van der Waals surface area contributed by atoms with Crippen molar-refractivity contribution >= 4 is 10.8 Å². The number of rotatable bonds is 5. The molecule has 0 bridgehead atoms. The molecular formula is C20H26N2. The van der Waals surface area contributed by atoms with Gasteiger partial charge in [-0.25, -0.2) is 0 Å². The molecule has 2 aromatic rings. The number of fused-ring (bicyclic) bond motifs is 1. The lowest BCUT2D eigenvalue weighted by Gasteiger charge is -2.30. The zero-order valence-electron chi connectivity index (χ0n) is 13.3. The Morgan fingerprint density at radius 2 is 1.68 bits per heavy atom. The summed E-state index contributed by atoms with van der Waals surface area (Å²) in [6.07, 6.45) is 5.50. The standard InChI is InChI=1S/C20H26N2/c1-2-4-19-13-17(5-6-18(19)3-1)15-22(20-7-8-20)14-16-9-11-21-12-10-16/h1-6,13,16,20-21H,7-12,14-15H2. The van der Waals surface area contributed by atoms with E-state index in [1.165, 1.54) is 61.7 Å². The van der Waals surface area contributed by atoms with Crippen molar-refractivity contribution in [3.63, 3.8) is 0 Å². The summed E-state index contributed by atoms with van der Waals surface area (Å²) in [6.45, 7) is 4.83. The number of nitrogens with one attached hydrogen (secondary N) is 1. The Kier molecular flexibility index (Phi) is 4.13. The van der Waals surface area contributed by atoms with Gasteiger partial charge in [0.1, 0.15) is 0 Å². The molecule has 0 amide bonds. The molecular weight excluding hydrogens is 268 g/mol. The largest absolute Gasteiger partial charge is 0.317 e. The first-order valence-corrected chi connectivity index (χ1v) is 8.81. The van der Waals surface area contributed by atoms with Crippen LogP contribution in [0.15, 0.2) is 42.5 Å². The molecule has 2 nitrogen and oxygen atoms in total. The molecule has 1 heterocycles. The molecule has 2 heteroatoms. The average molecular weight is 294 g/mol. The van der Waals surface area contributed by atoms with Gasteiger partial charge in [0.05, 0.1) is 0 Å². The molecule has 1 saturated carbocycles. The fraction of sp³-hybridized carbons (Fsp3) is 0.500. The van der Waals surface area contributed by atoms with Crippen LogP contribution in [0.4, 0.5) is 0 Å². The quantitative estimate of drug-likeness (QED) is 0.902. The van der Waals surface area contributed by atoms with E-state index in [1.807, 2.05) is 0 Å². The maximum atomic E-state index is 3.48. The third-order valence-corrected chi connectivity index (χ3v) is 5.21. The van der Waals surface area contributed by atoms with E-state index in [9.17, 15) is 0 Å². The predicted octanol–water partition coefficient (Wildman–Crippen LogP) is 3.80. The normalized spacial score (nSPS) is 19.9. The van der Waals surface area contributed by atoms with Crippen LogP contribution >= 0.6 is 0 Å². The molecule has 2 fully saturated rings. The molecule has 0 radical (unpaired) electrons. The van der Waals surface area contributed by atoms with Gasteiger partial charge < -0.3 is 5.32 Å². The van der Waals surface area contributed by atoms with Crippen LogP contribution in [0.5, 0.6) is 0 Å². The predicted molar refractivity (Wildman–Crippen MR) is 93.0 cm³/mol. The zero-order valence-corrected chi connectivity index (χ0v) is 13.3. The second-order valence-electron chi connectivity index (χ2n) is 7.04. The molecule has 0 spiro atoms. The molecule has 116 valence electrons. The molecule has 0 unspecified atom stereocenters. The average Bonchev–Trinajstić information content (AvgIpc) is 3.40. The van der Waals surface area contributed by atoms with Crippen LogP contribution in [0, 0.1) is 5.92 Å². The fourth-order valence-electron chi connectivity index (χ4n) is 3.75. The van der Waals surface area contributed by atoms with E-state index in [0.29, 0.717) is 0 Å². The van der Waals surface area contributed by atoms with Crippen LogP contribution in [-0.2, 0) is 6.54 Å². The van der Waals surface area contributed by atoms with E-state index in [-0.39, 0.29) is 0 Å². The van der Waals surface area contributed by atoms with Crippen LogP contribution < -0.4 is 5.32 Å². The van der Waals surface area contributed by atoms with Gasteiger partial charge in [-0.1, -0.05) is 36.4 Å². The second kappa shape index (κ2) is 6.39. The number of hydrogen-bond donors (Lipinski definition) is 1. The van der Waals surface area contributed by atoms with Crippen molar-refractivity contribution in [2.24, 2.45) is 5.92 Å². The van der Waals surface area contributed by atoms with Crippen molar-refractivity contribution in [1.82, 2.24) is 10.2 Å². The Morgan fingerprint density at radius 1 is 0.909 bits per heavy atom. The molecule has 1 N–H and O–H groups in total. The molecule has 1 aliphatic carbocycles. The van der Waals surface area contributed by atoms with Crippen LogP contribution in [0.25, 0.3) is 10.8 Å². The van der Waals surface area contributed by atoms with Crippen molar-refractivity contribution in [3.05, 3.63) is 48.0 Å². The highest BCUT2D eigenvalue weighted by atomic mass is 15.2. The molecule has 22 heavy (non-hydrogen) atoms. The third kappa shape index (κ3) is 3.34. The van der Waals surface area contributed by atoms with Crippen molar-refractivity contribution in [1.29, 1.82) is 0 Å². The van der Waals surface area contributed by atoms with Crippen molar-refractivity contribution < 1.29 is 0 Å². The summed E-state index contributed by atoms with van der Waals surface area (Å²) in [5, 5.41) is 6.21. The Hall–Kier alpha value is -1.38. The van der Waals surface area contributed by atoms with Gasteiger partial charge in [0.15, 0.2) is 0 Å². The summed E-state index contributed by atoms with van der Waals surface area (Å²) in [5.41, 5.74) is 1.47. The van der Waals surface area contributed by atoms with Crippen molar-refractivity contribution in [2.45, 2.75) is 38.3 Å². The second-order valence-corrected chi connectivity index (χ2v) is 7.04. The molecule has 1 aliphatic heterocycles. The summed E-state index contributed by atoms with van der Waals surface area (Å²) in [6, 6.07) is 16.5. The minimum atomic E-state index is 0.848. The number of hydrogen-bond acceptors (Lipinski definition) is 2. The van der Waals surface area contributed by atoms with E-state index >= 15 is 0 Å². The molecule has 2 aliphatic rings. The Morgan fingerprint density at radius 3 is 2.45 bits per heavy atom. The molecule has 4 rings (SSSR count). The first kappa shape index (κ1) is 14.2. The fourth-order valence-corrected chi connectivity index (χ4v) is 3.75. The highest BCUT2D eigenvalue weighted by Gasteiger charge is 2.30. The van der Waals surface area contributed by atoms with E-state index < -0.39 is 0 Å². The monoisotopic (exact) mass is 294 g/mol. The van der Waals surface area contributed by atoms with Crippen LogP contribution in [0.2, 0.25) is 0 Å². The van der Waals surface area contributed by atoms with Gasteiger partial charge in [-0.15, -0.1) is 0 Å². The van der Waals surface area contributed by atoms with Gasteiger partial charge in [0.25, 0.3) is 0 Å². The van der Waals surface area contributed by atoms with Crippen LogP contribution in [0.1, 0.15) is 31.2 Å². The van der Waals surface area contributed by atoms with Gasteiger partial charge in [0, 0.05) is 19.1 Å². The van der Waals surface area contributed by atoms with Crippen LogP contribution in [0.3, 0.4) is 0 Å². The summed E-state index contributed by atoms with van der Waals surface area (Å²) >= 11 is 0. The molecule has 1 saturated heterocycles. The molecule has 2 aromatic carbocycles. The number of benzene rings is 2. The smallest absolute Gasteiger partial charge is 0.0237 e. The van der Waals surface area contributed by atoms with Gasteiger partial charge in [-0.05, 0) is 67.1 Å². The maximum absolute atomic E-state index is 3.48. The molecule has 0 atom stereocenters. The van der Waals surface area contributed by atoms with Crippen LogP contribution in [-0.4, -0.2) is 30.6 Å². The summed E-state index contributed by atoms with van der Waals surface area (Å²) in [4.78, 5) is 2.75. The Balaban J connectivity index is 1.47. The van der Waals surface area contributed by atoms with Crippen molar-refractivity contribution in [3.8, 4) is 0 Å². The van der Waals surface area contributed by atoms with Gasteiger partial charge in [0.2, 0.25) is 0 Å². The van der Waals surface area contributed by atoms with E-state index in [0.717, 1.165) is 18.5 Å². The first-order chi connectivity index (χ1) is 10.9. The minimum Gasteiger partial charge on any atom is -0.317 e. The zero-order chi connectivity index (χ0) is 14.8. The summed E-state index contributed by atoms with van der Waals surface area (Å²) < 4.78 is 0. The van der Waals surface area contributed by atoms with E-state index in [4.69, 9.17) is 0 Å². The lowest BCUT2D eigenvalue weighted by atomic mass is 9.97. The lowest BCUT2D eigenvalue weighted by Crippen LogP contribution is -2.37. The lowest BCUT2D eigenvalue weighted by molar-refractivity contribution is 0.190.